The highest BCUT2D eigenvalue weighted by Gasteiger charge is 2.22. The normalized spacial score (nSPS) is 16.6. The summed E-state index contributed by atoms with van der Waals surface area (Å²) in [7, 11) is -3.51. The van der Waals surface area contributed by atoms with E-state index in [-0.39, 0.29) is 29.1 Å². The Morgan fingerprint density at radius 2 is 1.96 bits per heavy atom. The minimum Gasteiger partial charge on any atom is -0.493 e. The summed E-state index contributed by atoms with van der Waals surface area (Å²) in [5.41, 5.74) is 1.47. The van der Waals surface area contributed by atoms with Crippen LogP contribution in [0.2, 0.25) is 0 Å². The van der Waals surface area contributed by atoms with E-state index in [9.17, 15) is 17.6 Å². The van der Waals surface area contributed by atoms with Crippen molar-refractivity contribution in [3.05, 3.63) is 59.4 Å². The molecule has 2 aromatic rings. The number of hydrogen-bond donors (Lipinski definition) is 2. The van der Waals surface area contributed by atoms with Crippen LogP contribution in [0.3, 0.4) is 0 Å². The molecule has 1 atom stereocenters. The van der Waals surface area contributed by atoms with Gasteiger partial charge in [0.25, 0.3) is 0 Å². The zero-order valence-electron chi connectivity index (χ0n) is 15.6. The van der Waals surface area contributed by atoms with Gasteiger partial charge in [0.05, 0.1) is 24.0 Å². The number of ether oxygens (including phenoxy) is 1. The van der Waals surface area contributed by atoms with Gasteiger partial charge >= 0.3 is 0 Å². The Kier molecular flexibility index (Phi) is 6.31. The van der Waals surface area contributed by atoms with Crippen molar-refractivity contribution in [2.75, 3.05) is 13.2 Å². The van der Waals surface area contributed by atoms with Gasteiger partial charge in [-0.3, -0.25) is 4.79 Å². The van der Waals surface area contributed by atoms with Gasteiger partial charge < -0.3 is 10.1 Å². The molecule has 0 spiro atoms. The summed E-state index contributed by atoms with van der Waals surface area (Å²) in [5, 5.41) is 2.98. The molecule has 0 aliphatic carbocycles. The third-order valence-corrected chi connectivity index (χ3v) is 6.08. The first-order valence-corrected chi connectivity index (χ1v) is 10.7. The van der Waals surface area contributed by atoms with Gasteiger partial charge in [-0.2, -0.15) is 0 Å². The topological polar surface area (TPSA) is 84.5 Å². The van der Waals surface area contributed by atoms with Crippen LogP contribution < -0.4 is 14.8 Å². The van der Waals surface area contributed by atoms with E-state index in [0.717, 1.165) is 12.0 Å². The highest BCUT2D eigenvalue weighted by Crippen LogP contribution is 2.32. The fraction of sp³-hybridized carbons (Fsp3) is 0.350. The van der Waals surface area contributed by atoms with Crippen LogP contribution in [0.15, 0.2) is 47.4 Å². The second-order valence-electron chi connectivity index (χ2n) is 6.61. The van der Waals surface area contributed by atoms with Crippen molar-refractivity contribution in [2.45, 2.75) is 37.1 Å². The molecular weight excluding hydrogens is 383 g/mol. The van der Waals surface area contributed by atoms with Crippen LogP contribution in [0.4, 0.5) is 4.39 Å². The van der Waals surface area contributed by atoms with Crippen molar-refractivity contribution in [1.82, 2.24) is 10.0 Å². The lowest BCUT2D eigenvalue weighted by atomic mass is 10.0. The zero-order valence-corrected chi connectivity index (χ0v) is 16.4. The summed E-state index contributed by atoms with van der Waals surface area (Å²) in [4.78, 5) is 12.7. The molecule has 1 heterocycles. The van der Waals surface area contributed by atoms with Crippen molar-refractivity contribution >= 4 is 15.9 Å². The Bertz CT molecular complexity index is 945. The number of hydrogen-bond acceptors (Lipinski definition) is 4. The van der Waals surface area contributed by atoms with Gasteiger partial charge in [0.1, 0.15) is 11.6 Å². The number of fused-ring (bicyclic) bond motifs is 1. The molecule has 3 rings (SSSR count). The number of sulfonamides is 1. The Hall–Kier alpha value is -2.45. The maximum atomic E-state index is 13.5. The summed E-state index contributed by atoms with van der Waals surface area (Å²) < 4.78 is 45.4. The molecule has 28 heavy (non-hydrogen) atoms. The van der Waals surface area contributed by atoms with Crippen molar-refractivity contribution < 1.29 is 22.3 Å². The molecule has 0 radical (unpaired) electrons. The minimum atomic E-state index is -3.51. The summed E-state index contributed by atoms with van der Waals surface area (Å²) in [6.45, 7) is 2.49. The number of benzene rings is 2. The molecule has 1 aliphatic heterocycles. The summed E-state index contributed by atoms with van der Waals surface area (Å²) >= 11 is 0. The molecule has 0 saturated carbocycles. The van der Waals surface area contributed by atoms with E-state index in [1.54, 1.807) is 25.1 Å². The average molecular weight is 406 g/mol. The first-order valence-electron chi connectivity index (χ1n) is 9.19. The Morgan fingerprint density at radius 3 is 2.68 bits per heavy atom. The van der Waals surface area contributed by atoms with E-state index < -0.39 is 10.0 Å². The van der Waals surface area contributed by atoms with Gasteiger partial charge in [-0.1, -0.05) is 25.1 Å². The molecule has 2 N–H and O–H groups in total. The lowest BCUT2D eigenvalue weighted by molar-refractivity contribution is -0.121. The van der Waals surface area contributed by atoms with E-state index in [0.29, 0.717) is 30.9 Å². The summed E-state index contributed by atoms with van der Waals surface area (Å²) in [6, 6.07) is 10.3. The molecule has 1 amide bonds. The second-order valence-corrected chi connectivity index (χ2v) is 8.38. The number of carbonyl (C=O) groups is 1. The molecular formula is C20H23FN2O4S. The molecule has 2 aromatic carbocycles. The molecule has 150 valence electrons. The van der Waals surface area contributed by atoms with Gasteiger partial charge in [-0.25, -0.2) is 17.5 Å². The van der Waals surface area contributed by atoms with Crippen LogP contribution >= 0.6 is 0 Å². The van der Waals surface area contributed by atoms with E-state index >= 15 is 0 Å². The minimum absolute atomic E-state index is 0.120. The molecule has 0 fully saturated rings. The maximum absolute atomic E-state index is 13.5. The van der Waals surface area contributed by atoms with E-state index in [1.807, 2.05) is 0 Å². The largest absolute Gasteiger partial charge is 0.493 e. The SMILES string of the molecule is CCNS(=O)(=O)c1ccc(CC(=O)N[C@H]2CCCOc3cc(F)ccc32)cc1. The van der Waals surface area contributed by atoms with Gasteiger partial charge in [-0.15, -0.1) is 0 Å². The Morgan fingerprint density at radius 1 is 1.21 bits per heavy atom. The van der Waals surface area contributed by atoms with Gasteiger partial charge in [0.15, 0.2) is 0 Å². The third kappa shape index (κ3) is 4.88. The van der Waals surface area contributed by atoms with Crippen molar-refractivity contribution in [3.8, 4) is 5.75 Å². The van der Waals surface area contributed by atoms with E-state index in [2.05, 4.69) is 10.0 Å². The molecule has 0 saturated heterocycles. The van der Waals surface area contributed by atoms with Crippen LogP contribution in [0, 0.1) is 5.82 Å². The summed E-state index contributed by atoms with van der Waals surface area (Å²) in [6.07, 6.45) is 1.57. The highest BCUT2D eigenvalue weighted by molar-refractivity contribution is 7.89. The van der Waals surface area contributed by atoms with Gasteiger partial charge in [0.2, 0.25) is 15.9 Å². The lowest BCUT2D eigenvalue weighted by Crippen LogP contribution is -2.29. The Balaban J connectivity index is 1.68. The van der Waals surface area contributed by atoms with Crippen LogP contribution in [0.25, 0.3) is 0 Å². The van der Waals surface area contributed by atoms with Crippen LogP contribution in [-0.2, 0) is 21.2 Å². The van der Waals surface area contributed by atoms with Crippen molar-refractivity contribution in [2.24, 2.45) is 0 Å². The standard InChI is InChI=1S/C20H23FN2O4S/c1-2-22-28(25,26)16-8-5-14(6-9-16)12-20(24)23-18-4-3-11-27-19-13-15(21)7-10-17(18)19/h5-10,13,18,22H,2-4,11-12H2,1H3,(H,23,24)/t18-/m0/s1. The summed E-state index contributed by atoms with van der Waals surface area (Å²) in [5.74, 6) is -0.108. The van der Waals surface area contributed by atoms with E-state index in [1.165, 1.54) is 24.3 Å². The molecule has 6 nitrogen and oxygen atoms in total. The van der Waals surface area contributed by atoms with Crippen LogP contribution in [0.5, 0.6) is 5.75 Å². The first-order chi connectivity index (χ1) is 13.4. The fourth-order valence-electron chi connectivity index (χ4n) is 3.19. The van der Waals surface area contributed by atoms with E-state index in [4.69, 9.17) is 4.74 Å². The number of carbonyl (C=O) groups excluding carboxylic acids is 1. The fourth-order valence-corrected chi connectivity index (χ4v) is 4.23. The highest BCUT2D eigenvalue weighted by atomic mass is 32.2. The zero-order chi connectivity index (χ0) is 20.1. The van der Waals surface area contributed by atoms with Crippen molar-refractivity contribution in [1.29, 1.82) is 0 Å². The maximum Gasteiger partial charge on any atom is 0.240 e. The number of halogens is 1. The van der Waals surface area contributed by atoms with Crippen LogP contribution in [-0.4, -0.2) is 27.5 Å². The Labute approximate surface area is 164 Å². The quantitative estimate of drug-likeness (QED) is 0.773. The molecule has 0 aromatic heterocycles. The average Bonchev–Trinajstić information content (AvgIpc) is 2.84. The van der Waals surface area contributed by atoms with Crippen LogP contribution in [0.1, 0.15) is 36.9 Å². The predicted octanol–water partition coefficient (Wildman–Crippen LogP) is 2.70. The van der Waals surface area contributed by atoms with Gasteiger partial charge in [0, 0.05) is 18.2 Å². The predicted molar refractivity (Wildman–Crippen MR) is 103 cm³/mol. The van der Waals surface area contributed by atoms with Gasteiger partial charge in [-0.05, 0) is 36.6 Å². The second kappa shape index (κ2) is 8.70. The molecule has 1 aliphatic rings. The van der Waals surface area contributed by atoms with Crippen molar-refractivity contribution in [3.63, 3.8) is 0 Å². The molecule has 0 unspecified atom stereocenters. The number of rotatable bonds is 6. The molecule has 8 heteroatoms. The lowest BCUT2D eigenvalue weighted by Gasteiger charge is -2.18. The third-order valence-electron chi connectivity index (χ3n) is 4.51. The smallest absolute Gasteiger partial charge is 0.240 e. The number of nitrogens with one attached hydrogen (secondary N) is 2. The monoisotopic (exact) mass is 406 g/mol. The first kappa shape index (κ1) is 20.3. The molecule has 0 bridgehead atoms. The number of amides is 1.